The minimum atomic E-state index is -1.07. The standard InChI is InChI=1S/C8H14N2O4.C8H16N2O4.C8H12N2O3.I3.I2.HI/c1-5(11)4-10-8(14)6(9-2)3-7(12)13;1-5(11)4-10-7(12)3-6(9-2)8(13)14;1-5(11)4-10-7(12)3-6(9-2)8(10)13;1-3-2;1-2;/h6,9H,3-4H2,1-2H3,(H,10,14)(H,12,13);6-7,9-10,12H,3-4H2,1-2H3,(H,13,14);6,9H,3-4H2,1-2H3;;;1H/q;;;-1;;. The Balaban J connectivity index is -0.000000173. The van der Waals surface area contributed by atoms with Crippen molar-refractivity contribution < 1.29 is 66.9 Å². The zero-order chi connectivity index (χ0) is 37.0. The molecule has 0 aromatic rings. The van der Waals surface area contributed by atoms with Gasteiger partial charge in [-0.25, -0.2) is 0 Å². The first-order chi connectivity index (χ1) is 21.4. The Bertz CT molecular complexity index is 984. The molecule has 1 heterocycles. The average molecular weight is 1350 g/mol. The van der Waals surface area contributed by atoms with Crippen LogP contribution < -0.4 is 39.8 Å². The van der Waals surface area contributed by atoms with Gasteiger partial charge in [-0.05, 0) is 41.9 Å². The molecule has 17 nitrogen and oxygen atoms in total. The van der Waals surface area contributed by atoms with Crippen molar-refractivity contribution in [2.45, 2.75) is 64.4 Å². The van der Waals surface area contributed by atoms with Gasteiger partial charge in [0.25, 0.3) is 0 Å². The van der Waals surface area contributed by atoms with Gasteiger partial charge in [-0.3, -0.25) is 48.6 Å². The van der Waals surface area contributed by atoms with Gasteiger partial charge in [0.05, 0.1) is 44.6 Å². The molecular weight excluding hydrogens is 1310 g/mol. The van der Waals surface area contributed by atoms with E-state index in [-0.39, 0.29) is 92.0 Å². The molecule has 0 aliphatic carbocycles. The first kappa shape index (κ1) is 57.1. The number of carboxylic acids is 2. The molecule has 8 N–H and O–H groups in total. The van der Waals surface area contributed by atoms with E-state index in [1.54, 1.807) is 7.05 Å². The molecule has 23 heteroatoms. The SMILES string of the molecule is CNC(CC(=O)O)C(=O)NCC(C)=O.CNC(CC(O)NCC(C)=O)C(=O)O.CNC1CC(=O)N(CC(C)=O)C1=O.I.II.I[I-]I. The molecule has 0 aromatic heterocycles. The molecule has 0 saturated carbocycles. The van der Waals surface area contributed by atoms with E-state index in [2.05, 4.69) is 101 Å². The Labute approximate surface area is 344 Å². The van der Waals surface area contributed by atoms with Gasteiger partial charge in [0, 0.05) is 43.7 Å². The monoisotopic (exact) mass is 1350 g/mol. The Hall–Kier alpha value is 0.740. The van der Waals surface area contributed by atoms with E-state index in [4.69, 9.17) is 10.2 Å². The molecule has 1 saturated heterocycles. The van der Waals surface area contributed by atoms with Crippen molar-refractivity contribution in [1.82, 2.24) is 31.5 Å². The number of aliphatic carboxylic acids is 2. The normalized spacial score (nSPS) is 14.8. The van der Waals surface area contributed by atoms with Crippen LogP contribution in [-0.2, 0) is 38.4 Å². The Morgan fingerprint density at radius 1 is 0.894 bits per heavy atom. The summed E-state index contributed by atoms with van der Waals surface area (Å²) in [5, 5.41) is 39.0. The number of ketones is 3. The maximum absolute atomic E-state index is 11.4. The van der Waals surface area contributed by atoms with E-state index in [0.717, 1.165) is 4.90 Å². The Kier molecular flexibility index (Phi) is 44.4. The molecule has 4 unspecified atom stereocenters. The predicted molar refractivity (Wildman–Crippen MR) is 215 cm³/mol. The predicted octanol–water partition coefficient (Wildman–Crippen LogP) is -2.61. The Morgan fingerprint density at radius 2 is 1.36 bits per heavy atom. The van der Waals surface area contributed by atoms with E-state index in [9.17, 15) is 43.5 Å². The van der Waals surface area contributed by atoms with Crippen LogP contribution in [0.15, 0.2) is 0 Å². The van der Waals surface area contributed by atoms with Gasteiger partial charge in [-0.1, -0.05) is 0 Å². The fraction of sp³-hybridized carbons (Fsp3) is 0.667. The van der Waals surface area contributed by atoms with Gasteiger partial charge in [0.15, 0.2) is 0 Å². The van der Waals surface area contributed by atoms with Crippen LogP contribution in [0.1, 0.15) is 40.0 Å². The number of halogens is 6. The molecular formula is C24H43I6N6O11-. The molecule has 47 heavy (non-hydrogen) atoms. The molecule has 1 fully saturated rings. The summed E-state index contributed by atoms with van der Waals surface area (Å²) in [5.41, 5.74) is 0. The molecule has 3 amide bonds. The second-order valence-electron chi connectivity index (χ2n) is 8.99. The number of carbonyl (C=O) groups excluding carboxylic acids is 6. The van der Waals surface area contributed by atoms with Crippen LogP contribution >= 0.6 is 98.4 Å². The molecule has 1 aliphatic heterocycles. The van der Waals surface area contributed by atoms with Gasteiger partial charge in [-0.2, -0.15) is 0 Å². The minimum absolute atomic E-state index is 0. The van der Waals surface area contributed by atoms with E-state index in [1.165, 1.54) is 34.9 Å². The van der Waals surface area contributed by atoms with Crippen molar-refractivity contribution in [3.05, 3.63) is 0 Å². The molecule has 0 aromatic carbocycles. The van der Waals surface area contributed by atoms with Crippen LogP contribution in [0.4, 0.5) is 0 Å². The number of rotatable bonds is 16. The first-order valence-electron chi connectivity index (χ1n) is 12.9. The van der Waals surface area contributed by atoms with Crippen LogP contribution in [0.5, 0.6) is 0 Å². The second-order valence-corrected chi connectivity index (χ2v) is 25.2. The summed E-state index contributed by atoms with van der Waals surface area (Å²) in [6, 6.07) is -2.07. The zero-order valence-electron chi connectivity index (χ0n) is 26.4. The number of nitrogens with zero attached hydrogens (tertiary/aromatic N) is 1. The van der Waals surface area contributed by atoms with Crippen molar-refractivity contribution in [3.8, 4) is 0 Å². The van der Waals surface area contributed by atoms with Gasteiger partial charge in [0.1, 0.15) is 29.6 Å². The third-order valence-corrected chi connectivity index (χ3v) is 5.22. The van der Waals surface area contributed by atoms with Crippen molar-refractivity contribution >= 4 is 145 Å². The summed E-state index contributed by atoms with van der Waals surface area (Å²) in [7, 11) is 4.60. The van der Waals surface area contributed by atoms with Crippen LogP contribution in [-0.4, -0.2) is 132 Å². The summed E-state index contributed by atoms with van der Waals surface area (Å²) in [6.45, 7) is 3.94. The number of carbonyl (C=O) groups is 8. The fourth-order valence-corrected chi connectivity index (χ4v) is 3.04. The number of nitrogens with one attached hydrogen (secondary N) is 5. The van der Waals surface area contributed by atoms with Gasteiger partial charge in [-0.15, -0.1) is 24.0 Å². The van der Waals surface area contributed by atoms with Crippen molar-refractivity contribution in [2.24, 2.45) is 0 Å². The van der Waals surface area contributed by atoms with E-state index in [0.29, 0.717) is 13.3 Å². The maximum atomic E-state index is 11.4. The van der Waals surface area contributed by atoms with Gasteiger partial charge < -0.3 is 36.6 Å². The number of hydrogen-bond acceptors (Lipinski definition) is 13. The molecule has 278 valence electrons. The quantitative estimate of drug-likeness (QED) is 0.0448. The number of likely N-dealkylation sites (tertiary alicyclic amines) is 1. The molecule has 0 spiro atoms. The number of hydrogen-bond donors (Lipinski definition) is 8. The van der Waals surface area contributed by atoms with Crippen LogP contribution in [0, 0.1) is 0 Å². The van der Waals surface area contributed by atoms with E-state index in [1.807, 2.05) is 0 Å². The summed E-state index contributed by atoms with van der Waals surface area (Å²) in [6.07, 6.45) is -1.13. The molecule has 4 atom stereocenters. The summed E-state index contributed by atoms with van der Waals surface area (Å²) >= 11 is 9.54. The van der Waals surface area contributed by atoms with Crippen molar-refractivity contribution in [3.63, 3.8) is 0 Å². The van der Waals surface area contributed by atoms with Crippen LogP contribution in [0.2, 0.25) is 0 Å². The number of Topliss-reactive ketones (excluding diaryl/α,β-unsaturated/α-hetero) is 3. The topological polar surface area (TPSA) is 261 Å². The third-order valence-electron chi connectivity index (χ3n) is 5.22. The zero-order valence-corrected chi connectivity index (χ0v) is 39.5. The van der Waals surface area contributed by atoms with Gasteiger partial charge >= 0.3 is 62.4 Å². The summed E-state index contributed by atoms with van der Waals surface area (Å²) in [4.78, 5) is 87.4. The molecule has 0 bridgehead atoms. The summed E-state index contributed by atoms with van der Waals surface area (Å²) < 4.78 is 0. The molecule has 1 aliphatic rings. The fourth-order valence-electron chi connectivity index (χ4n) is 3.04. The first-order valence-corrected chi connectivity index (χ1v) is 31.8. The van der Waals surface area contributed by atoms with Crippen LogP contribution in [0.3, 0.4) is 0 Å². The summed E-state index contributed by atoms with van der Waals surface area (Å²) in [5.74, 6) is -3.63. The number of carboxylic acid groups (broad SMARTS) is 2. The number of amides is 3. The Morgan fingerprint density at radius 3 is 1.68 bits per heavy atom. The van der Waals surface area contributed by atoms with E-state index < -0.39 is 42.2 Å². The number of aliphatic hydroxyl groups is 1. The third kappa shape index (κ3) is 33.6. The van der Waals surface area contributed by atoms with Crippen LogP contribution in [0.25, 0.3) is 0 Å². The average Bonchev–Trinajstić information content (AvgIpc) is 3.25. The molecule has 0 radical (unpaired) electrons. The van der Waals surface area contributed by atoms with Crippen molar-refractivity contribution in [1.29, 1.82) is 0 Å². The van der Waals surface area contributed by atoms with Gasteiger partial charge in [0.2, 0.25) is 17.7 Å². The molecule has 1 rings (SSSR count). The number of aliphatic hydroxyl groups excluding tert-OH is 1. The number of imide groups is 1. The second kappa shape index (κ2) is 36.5. The van der Waals surface area contributed by atoms with Crippen molar-refractivity contribution in [2.75, 3.05) is 40.8 Å². The van der Waals surface area contributed by atoms with E-state index >= 15 is 0 Å². The number of likely N-dealkylation sites (N-methyl/N-ethyl adjacent to an activating group) is 3.